The van der Waals surface area contributed by atoms with Crippen molar-refractivity contribution >= 4 is 23.2 Å². The van der Waals surface area contributed by atoms with Crippen molar-refractivity contribution in [2.45, 2.75) is 26.2 Å². The molecule has 3 rings (SSSR count). The van der Waals surface area contributed by atoms with Crippen LogP contribution in [0.2, 0.25) is 10.0 Å². The van der Waals surface area contributed by atoms with Crippen molar-refractivity contribution in [3.05, 3.63) is 34.3 Å². The van der Waals surface area contributed by atoms with E-state index in [1.54, 1.807) is 12.1 Å². The molecule has 1 saturated heterocycles. The maximum atomic E-state index is 5.58. The fraction of sp³-hybridized carbons (Fsp3) is 0.600. The van der Waals surface area contributed by atoms with Crippen LogP contribution in [0.1, 0.15) is 26.2 Å². The van der Waals surface area contributed by atoms with Crippen LogP contribution in [0.3, 0.4) is 0 Å². The SMILES string of the molecule is CCCN1CC2CCC2C1.Clc1ccccc1Cl. The summed E-state index contributed by atoms with van der Waals surface area (Å²) < 4.78 is 0. The summed E-state index contributed by atoms with van der Waals surface area (Å²) in [4.78, 5) is 2.64. The molecule has 2 unspecified atom stereocenters. The molecule has 3 heteroatoms. The number of nitrogens with zero attached hydrogens (tertiary/aromatic N) is 1. The number of hydrogen-bond acceptors (Lipinski definition) is 1. The monoisotopic (exact) mass is 285 g/mol. The van der Waals surface area contributed by atoms with E-state index in [0.717, 1.165) is 11.8 Å². The Morgan fingerprint density at radius 1 is 1.06 bits per heavy atom. The van der Waals surface area contributed by atoms with Gasteiger partial charge in [0.1, 0.15) is 0 Å². The summed E-state index contributed by atoms with van der Waals surface area (Å²) in [5, 5.41) is 1.21. The second kappa shape index (κ2) is 6.79. The number of halogens is 2. The van der Waals surface area contributed by atoms with E-state index in [4.69, 9.17) is 23.2 Å². The van der Waals surface area contributed by atoms with Crippen LogP contribution in [-0.4, -0.2) is 24.5 Å². The molecule has 0 spiro atoms. The average Bonchev–Trinajstić information content (AvgIpc) is 2.61. The highest BCUT2D eigenvalue weighted by atomic mass is 35.5. The average molecular weight is 286 g/mol. The fourth-order valence-electron chi connectivity index (χ4n) is 2.79. The third kappa shape index (κ3) is 3.63. The van der Waals surface area contributed by atoms with Crippen LogP contribution >= 0.6 is 23.2 Å². The summed E-state index contributed by atoms with van der Waals surface area (Å²) >= 11 is 11.2. The van der Waals surface area contributed by atoms with Crippen molar-refractivity contribution in [1.29, 1.82) is 0 Å². The van der Waals surface area contributed by atoms with Crippen molar-refractivity contribution < 1.29 is 0 Å². The van der Waals surface area contributed by atoms with Gasteiger partial charge in [0.25, 0.3) is 0 Å². The zero-order valence-electron chi connectivity index (χ0n) is 10.9. The normalized spacial score (nSPS) is 25.9. The highest BCUT2D eigenvalue weighted by Gasteiger charge is 2.38. The predicted octanol–water partition coefficient (Wildman–Crippen LogP) is 4.73. The number of fused-ring (bicyclic) bond motifs is 1. The lowest BCUT2D eigenvalue weighted by atomic mass is 9.77. The first kappa shape index (κ1) is 14.2. The van der Waals surface area contributed by atoms with Crippen molar-refractivity contribution in [2.24, 2.45) is 11.8 Å². The molecule has 1 nitrogen and oxygen atoms in total. The summed E-state index contributed by atoms with van der Waals surface area (Å²) in [5.41, 5.74) is 0. The molecule has 1 aliphatic carbocycles. The smallest absolute Gasteiger partial charge is 0.0592 e. The summed E-state index contributed by atoms with van der Waals surface area (Å²) in [5.74, 6) is 2.21. The number of benzene rings is 1. The van der Waals surface area contributed by atoms with Gasteiger partial charge in [0.05, 0.1) is 10.0 Å². The Kier molecular flexibility index (Phi) is 5.35. The molecule has 0 amide bonds. The van der Waals surface area contributed by atoms with Crippen LogP contribution in [0.5, 0.6) is 0 Å². The fourth-order valence-corrected chi connectivity index (χ4v) is 3.07. The van der Waals surface area contributed by atoms with E-state index in [2.05, 4.69) is 11.8 Å². The second-order valence-electron chi connectivity index (χ2n) is 5.27. The first-order valence-corrected chi connectivity index (χ1v) is 7.58. The Morgan fingerprint density at radius 2 is 1.56 bits per heavy atom. The van der Waals surface area contributed by atoms with E-state index in [0.29, 0.717) is 10.0 Å². The molecule has 1 aromatic carbocycles. The molecule has 0 N–H and O–H groups in total. The van der Waals surface area contributed by atoms with Crippen LogP contribution in [0.25, 0.3) is 0 Å². The highest BCUT2D eigenvalue weighted by molar-refractivity contribution is 6.41. The third-order valence-electron chi connectivity index (χ3n) is 3.92. The van der Waals surface area contributed by atoms with Gasteiger partial charge in [-0.05, 0) is 49.8 Å². The van der Waals surface area contributed by atoms with Crippen molar-refractivity contribution in [3.8, 4) is 0 Å². The highest BCUT2D eigenvalue weighted by Crippen LogP contribution is 2.40. The summed E-state index contributed by atoms with van der Waals surface area (Å²) in [6.07, 6.45) is 4.37. The molecule has 1 saturated carbocycles. The Bertz CT molecular complexity index is 348. The molecular formula is C15H21Cl2N. The minimum absolute atomic E-state index is 0.606. The predicted molar refractivity (Wildman–Crippen MR) is 79.4 cm³/mol. The molecule has 0 bridgehead atoms. The van der Waals surface area contributed by atoms with Gasteiger partial charge in [-0.3, -0.25) is 0 Å². The van der Waals surface area contributed by atoms with Gasteiger partial charge >= 0.3 is 0 Å². The Balaban J connectivity index is 0.000000138. The second-order valence-corrected chi connectivity index (χ2v) is 6.09. The largest absolute Gasteiger partial charge is 0.303 e. The Labute approximate surface area is 120 Å². The summed E-state index contributed by atoms with van der Waals surface area (Å²) in [6.45, 7) is 6.45. The first-order valence-electron chi connectivity index (χ1n) is 6.83. The molecule has 100 valence electrons. The maximum absolute atomic E-state index is 5.58. The number of rotatable bonds is 2. The van der Waals surface area contributed by atoms with Gasteiger partial charge in [-0.15, -0.1) is 0 Å². The van der Waals surface area contributed by atoms with Crippen LogP contribution in [0.4, 0.5) is 0 Å². The zero-order chi connectivity index (χ0) is 13.0. The van der Waals surface area contributed by atoms with Gasteiger partial charge in [0.15, 0.2) is 0 Å². The van der Waals surface area contributed by atoms with Crippen LogP contribution in [0, 0.1) is 11.8 Å². The van der Waals surface area contributed by atoms with Gasteiger partial charge in [-0.2, -0.15) is 0 Å². The Hall–Kier alpha value is -0.240. The summed E-state index contributed by atoms with van der Waals surface area (Å²) in [6, 6.07) is 7.19. The van der Waals surface area contributed by atoms with E-state index in [1.165, 1.54) is 38.9 Å². The molecule has 18 heavy (non-hydrogen) atoms. The van der Waals surface area contributed by atoms with Crippen molar-refractivity contribution in [1.82, 2.24) is 4.90 Å². The lowest BCUT2D eigenvalue weighted by Crippen LogP contribution is -2.22. The van der Waals surface area contributed by atoms with E-state index in [1.807, 2.05) is 12.1 Å². The van der Waals surface area contributed by atoms with Gasteiger partial charge in [-0.1, -0.05) is 42.3 Å². The number of hydrogen-bond donors (Lipinski definition) is 0. The lowest BCUT2D eigenvalue weighted by molar-refractivity contribution is 0.243. The van der Waals surface area contributed by atoms with Crippen molar-refractivity contribution in [3.63, 3.8) is 0 Å². The molecule has 1 aromatic rings. The molecular weight excluding hydrogens is 265 g/mol. The van der Waals surface area contributed by atoms with Gasteiger partial charge < -0.3 is 4.90 Å². The molecule has 1 heterocycles. The van der Waals surface area contributed by atoms with Gasteiger partial charge in [0, 0.05) is 13.1 Å². The molecule has 0 aromatic heterocycles. The lowest BCUT2D eigenvalue weighted by Gasteiger charge is -2.28. The Morgan fingerprint density at radius 3 is 1.89 bits per heavy atom. The molecule has 0 radical (unpaired) electrons. The van der Waals surface area contributed by atoms with Gasteiger partial charge in [-0.25, -0.2) is 0 Å². The maximum Gasteiger partial charge on any atom is 0.0592 e. The summed E-state index contributed by atoms with van der Waals surface area (Å²) in [7, 11) is 0. The van der Waals surface area contributed by atoms with Crippen LogP contribution < -0.4 is 0 Å². The van der Waals surface area contributed by atoms with Crippen LogP contribution in [-0.2, 0) is 0 Å². The first-order chi connectivity index (χ1) is 8.70. The van der Waals surface area contributed by atoms with Crippen molar-refractivity contribution in [2.75, 3.05) is 19.6 Å². The van der Waals surface area contributed by atoms with Crippen LogP contribution in [0.15, 0.2) is 24.3 Å². The molecule has 2 fully saturated rings. The van der Waals surface area contributed by atoms with Gasteiger partial charge in [0.2, 0.25) is 0 Å². The topological polar surface area (TPSA) is 3.24 Å². The van der Waals surface area contributed by atoms with E-state index in [9.17, 15) is 0 Å². The number of likely N-dealkylation sites (tertiary alicyclic amines) is 1. The standard InChI is InChI=1S/C9H17N.C6H4Cl2/c1-2-5-10-6-8-3-4-9(8)7-10;7-5-3-1-2-4-6(5)8/h8-9H,2-7H2,1H3;1-4H. The quantitative estimate of drug-likeness (QED) is 0.759. The molecule has 2 atom stereocenters. The minimum Gasteiger partial charge on any atom is -0.303 e. The zero-order valence-corrected chi connectivity index (χ0v) is 12.4. The van der Waals surface area contributed by atoms with E-state index < -0.39 is 0 Å². The van der Waals surface area contributed by atoms with E-state index in [-0.39, 0.29) is 0 Å². The third-order valence-corrected chi connectivity index (χ3v) is 4.68. The molecule has 1 aliphatic heterocycles. The van der Waals surface area contributed by atoms with E-state index >= 15 is 0 Å². The molecule has 2 aliphatic rings. The minimum atomic E-state index is 0.606.